The van der Waals surface area contributed by atoms with Gasteiger partial charge in [0, 0.05) is 13.1 Å². The Morgan fingerprint density at radius 1 is 1.44 bits per heavy atom. The summed E-state index contributed by atoms with van der Waals surface area (Å²) in [5.41, 5.74) is 1.03. The maximum absolute atomic E-state index is 9.11. The Labute approximate surface area is 108 Å². The third-order valence-electron chi connectivity index (χ3n) is 2.99. The van der Waals surface area contributed by atoms with Crippen LogP contribution in [0.5, 0.6) is 0 Å². The Morgan fingerprint density at radius 3 is 2.89 bits per heavy atom. The van der Waals surface area contributed by atoms with E-state index in [0.717, 1.165) is 24.5 Å². The summed E-state index contributed by atoms with van der Waals surface area (Å²) in [5.74, 6) is 1.46. The van der Waals surface area contributed by atoms with Crippen LogP contribution in [0, 0.1) is 5.92 Å². The minimum atomic E-state index is -0.115. The van der Waals surface area contributed by atoms with E-state index in [2.05, 4.69) is 28.9 Å². The molecule has 1 aliphatic heterocycles. The Morgan fingerprint density at radius 2 is 2.28 bits per heavy atom. The standard InChI is InChI=1S/C13H21N3O2/c1-10(2)7-11-3-4-13(15-14-11)16-5-6-18-12(8-16)9-17/h3-4,10,12,17H,5-9H2,1-2H3. The van der Waals surface area contributed by atoms with Gasteiger partial charge >= 0.3 is 0 Å². The predicted octanol–water partition coefficient (Wildman–Crippen LogP) is 0.873. The molecule has 1 aliphatic rings. The Hall–Kier alpha value is -1.20. The van der Waals surface area contributed by atoms with E-state index >= 15 is 0 Å². The number of hydrogen-bond acceptors (Lipinski definition) is 5. The predicted molar refractivity (Wildman–Crippen MR) is 69.6 cm³/mol. The summed E-state index contributed by atoms with van der Waals surface area (Å²) in [7, 11) is 0. The number of morpholine rings is 1. The maximum Gasteiger partial charge on any atom is 0.151 e. The first-order valence-electron chi connectivity index (χ1n) is 6.49. The van der Waals surface area contributed by atoms with Gasteiger partial charge in [0.05, 0.1) is 25.0 Å². The molecule has 1 unspecified atom stereocenters. The first-order chi connectivity index (χ1) is 8.69. The third kappa shape index (κ3) is 3.40. The summed E-state index contributed by atoms with van der Waals surface area (Å²) in [5, 5.41) is 17.6. The molecular formula is C13H21N3O2. The quantitative estimate of drug-likeness (QED) is 0.860. The van der Waals surface area contributed by atoms with Crippen LogP contribution in [0.3, 0.4) is 0 Å². The number of anilines is 1. The Bertz CT molecular complexity index is 367. The summed E-state index contributed by atoms with van der Waals surface area (Å²) >= 11 is 0. The molecule has 0 amide bonds. The lowest BCUT2D eigenvalue weighted by molar-refractivity contribution is 0.00332. The van der Waals surface area contributed by atoms with Crippen LogP contribution < -0.4 is 4.90 Å². The molecule has 0 saturated carbocycles. The second-order valence-electron chi connectivity index (χ2n) is 5.10. The van der Waals surface area contributed by atoms with E-state index in [1.54, 1.807) is 0 Å². The molecule has 2 heterocycles. The molecule has 18 heavy (non-hydrogen) atoms. The van der Waals surface area contributed by atoms with Gasteiger partial charge in [-0.25, -0.2) is 0 Å². The van der Waals surface area contributed by atoms with Crippen molar-refractivity contribution in [3.05, 3.63) is 17.8 Å². The summed E-state index contributed by atoms with van der Waals surface area (Å²) in [6, 6.07) is 4.04. The summed E-state index contributed by atoms with van der Waals surface area (Å²) in [6.45, 7) is 6.49. The van der Waals surface area contributed by atoms with E-state index in [0.29, 0.717) is 19.1 Å². The molecule has 5 nitrogen and oxygen atoms in total. The maximum atomic E-state index is 9.11. The molecule has 1 aromatic rings. The van der Waals surface area contributed by atoms with Crippen LogP contribution >= 0.6 is 0 Å². The van der Waals surface area contributed by atoms with Crippen molar-refractivity contribution in [3.8, 4) is 0 Å². The lowest BCUT2D eigenvalue weighted by atomic mass is 10.1. The number of hydrogen-bond donors (Lipinski definition) is 1. The van der Waals surface area contributed by atoms with Gasteiger partial charge in [-0.2, -0.15) is 5.10 Å². The molecule has 1 aromatic heterocycles. The lowest BCUT2D eigenvalue weighted by Crippen LogP contribution is -2.44. The number of aromatic nitrogens is 2. The first kappa shape index (κ1) is 13.2. The van der Waals surface area contributed by atoms with Crippen LogP contribution in [0.2, 0.25) is 0 Å². The van der Waals surface area contributed by atoms with E-state index in [4.69, 9.17) is 9.84 Å². The van der Waals surface area contributed by atoms with Crippen LogP contribution in [0.25, 0.3) is 0 Å². The Balaban J connectivity index is 2.00. The second kappa shape index (κ2) is 6.11. The van der Waals surface area contributed by atoms with E-state index in [1.807, 2.05) is 12.1 Å². The van der Waals surface area contributed by atoms with E-state index < -0.39 is 0 Å². The smallest absolute Gasteiger partial charge is 0.151 e. The number of aliphatic hydroxyl groups is 1. The Kier molecular flexibility index (Phi) is 4.49. The highest BCUT2D eigenvalue weighted by Crippen LogP contribution is 2.15. The minimum absolute atomic E-state index is 0.0510. The van der Waals surface area contributed by atoms with Gasteiger partial charge in [-0.05, 0) is 24.5 Å². The minimum Gasteiger partial charge on any atom is -0.394 e. The van der Waals surface area contributed by atoms with Gasteiger partial charge in [-0.15, -0.1) is 5.10 Å². The van der Waals surface area contributed by atoms with Crippen LogP contribution in [0.4, 0.5) is 5.82 Å². The highest BCUT2D eigenvalue weighted by atomic mass is 16.5. The molecule has 1 N–H and O–H groups in total. The number of nitrogens with zero attached hydrogens (tertiary/aromatic N) is 3. The van der Waals surface area contributed by atoms with Crippen LogP contribution in [-0.2, 0) is 11.2 Å². The molecule has 1 fully saturated rings. The van der Waals surface area contributed by atoms with Gasteiger partial charge in [0.15, 0.2) is 5.82 Å². The van der Waals surface area contributed by atoms with Gasteiger partial charge in [0.2, 0.25) is 0 Å². The van der Waals surface area contributed by atoms with Crippen LogP contribution in [0.15, 0.2) is 12.1 Å². The lowest BCUT2D eigenvalue weighted by Gasteiger charge is -2.32. The molecule has 100 valence electrons. The largest absolute Gasteiger partial charge is 0.394 e. The summed E-state index contributed by atoms with van der Waals surface area (Å²) < 4.78 is 5.42. The van der Waals surface area contributed by atoms with Crippen LogP contribution in [-0.4, -0.2) is 47.7 Å². The molecule has 0 aromatic carbocycles. The highest BCUT2D eigenvalue weighted by Gasteiger charge is 2.20. The van der Waals surface area contributed by atoms with Crippen LogP contribution in [0.1, 0.15) is 19.5 Å². The molecule has 5 heteroatoms. The average molecular weight is 251 g/mol. The molecule has 1 saturated heterocycles. The molecular weight excluding hydrogens is 230 g/mol. The second-order valence-corrected chi connectivity index (χ2v) is 5.10. The molecule has 0 aliphatic carbocycles. The summed E-state index contributed by atoms with van der Waals surface area (Å²) in [6.07, 6.45) is 0.839. The van der Waals surface area contributed by atoms with Gasteiger partial charge in [-0.1, -0.05) is 13.8 Å². The van der Waals surface area contributed by atoms with Crippen molar-refractivity contribution in [3.63, 3.8) is 0 Å². The zero-order valence-corrected chi connectivity index (χ0v) is 11.0. The summed E-state index contributed by atoms with van der Waals surface area (Å²) in [4.78, 5) is 2.11. The van der Waals surface area contributed by atoms with Gasteiger partial charge in [0.1, 0.15) is 0 Å². The van der Waals surface area contributed by atoms with Crippen molar-refractivity contribution in [2.75, 3.05) is 31.2 Å². The average Bonchev–Trinajstić information content (AvgIpc) is 2.39. The van der Waals surface area contributed by atoms with Crippen molar-refractivity contribution in [1.29, 1.82) is 0 Å². The van der Waals surface area contributed by atoms with Crippen molar-refractivity contribution >= 4 is 5.82 Å². The molecule has 0 bridgehead atoms. The van der Waals surface area contributed by atoms with Gasteiger partial charge in [0.25, 0.3) is 0 Å². The van der Waals surface area contributed by atoms with Gasteiger partial charge < -0.3 is 14.7 Å². The normalized spacial score (nSPS) is 20.4. The third-order valence-corrected chi connectivity index (χ3v) is 2.99. The van der Waals surface area contributed by atoms with Crippen molar-refractivity contribution < 1.29 is 9.84 Å². The zero-order valence-electron chi connectivity index (χ0n) is 11.0. The number of rotatable bonds is 4. The van der Waals surface area contributed by atoms with Crippen molar-refractivity contribution in [1.82, 2.24) is 10.2 Å². The molecule has 1 atom stereocenters. The van der Waals surface area contributed by atoms with E-state index in [-0.39, 0.29) is 12.7 Å². The van der Waals surface area contributed by atoms with Crippen molar-refractivity contribution in [2.45, 2.75) is 26.4 Å². The van der Waals surface area contributed by atoms with E-state index in [1.165, 1.54) is 0 Å². The van der Waals surface area contributed by atoms with E-state index in [9.17, 15) is 0 Å². The fraction of sp³-hybridized carbons (Fsp3) is 0.692. The first-order valence-corrected chi connectivity index (χ1v) is 6.49. The zero-order chi connectivity index (χ0) is 13.0. The van der Waals surface area contributed by atoms with Gasteiger partial charge in [-0.3, -0.25) is 0 Å². The number of ether oxygens (including phenoxy) is 1. The SMILES string of the molecule is CC(C)Cc1ccc(N2CCOC(CO)C2)nn1. The monoisotopic (exact) mass is 251 g/mol. The molecule has 2 rings (SSSR count). The highest BCUT2D eigenvalue weighted by molar-refractivity contribution is 5.38. The fourth-order valence-corrected chi connectivity index (χ4v) is 2.09. The molecule has 0 spiro atoms. The molecule has 0 radical (unpaired) electrons. The topological polar surface area (TPSA) is 58.5 Å². The number of aliphatic hydroxyl groups excluding tert-OH is 1. The fourth-order valence-electron chi connectivity index (χ4n) is 2.09. The van der Waals surface area contributed by atoms with Crippen molar-refractivity contribution in [2.24, 2.45) is 5.92 Å².